The molecule has 2 rings (SSSR count). The first-order chi connectivity index (χ1) is 11.9. The molecule has 0 aliphatic rings. The molecule has 25 heavy (non-hydrogen) atoms. The molecule has 0 saturated heterocycles. The summed E-state index contributed by atoms with van der Waals surface area (Å²) in [5.41, 5.74) is 0.511. The molecular formula is C18H22N4O3. The Morgan fingerprint density at radius 3 is 2.80 bits per heavy atom. The van der Waals surface area contributed by atoms with Crippen LogP contribution >= 0.6 is 0 Å². The monoisotopic (exact) mass is 342 g/mol. The molecule has 0 aliphatic carbocycles. The molecule has 0 aliphatic heterocycles. The highest BCUT2D eigenvalue weighted by molar-refractivity contribution is 6.05. The lowest BCUT2D eigenvalue weighted by atomic mass is 10.1. The molecule has 132 valence electrons. The van der Waals surface area contributed by atoms with Crippen LogP contribution in [0.1, 0.15) is 36.7 Å². The summed E-state index contributed by atoms with van der Waals surface area (Å²) in [6.07, 6.45) is 3.28. The van der Waals surface area contributed by atoms with Crippen LogP contribution in [0.15, 0.2) is 30.6 Å². The fraction of sp³-hybridized carbons (Fsp3) is 0.389. The SMILES string of the molecule is COCCOc1ncccc1C(=O)Nc1cc(C#N)cn1C(C)(C)C. The van der Waals surface area contributed by atoms with E-state index in [0.717, 1.165) is 0 Å². The van der Waals surface area contributed by atoms with Crippen molar-refractivity contribution in [3.05, 3.63) is 41.7 Å². The maximum Gasteiger partial charge on any atom is 0.262 e. The van der Waals surface area contributed by atoms with E-state index in [-0.39, 0.29) is 17.3 Å². The van der Waals surface area contributed by atoms with Crippen molar-refractivity contribution in [1.29, 1.82) is 5.26 Å². The maximum absolute atomic E-state index is 12.7. The number of anilines is 1. The number of aromatic nitrogens is 2. The highest BCUT2D eigenvalue weighted by Gasteiger charge is 2.21. The zero-order chi connectivity index (χ0) is 18.4. The first-order valence-electron chi connectivity index (χ1n) is 7.88. The second-order valence-electron chi connectivity index (χ2n) is 6.42. The number of hydrogen-bond acceptors (Lipinski definition) is 5. The summed E-state index contributed by atoms with van der Waals surface area (Å²) in [4.78, 5) is 16.8. The number of amides is 1. The molecular weight excluding hydrogens is 320 g/mol. The second kappa shape index (κ2) is 7.81. The van der Waals surface area contributed by atoms with Gasteiger partial charge >= 0.3 is 0 Å². The fourth-order valence-corrected chi connectivity index (χ4v) is 2.26. The summed E-state index contributed by atoms with van der Waals surface area (Å²) in [6, 6.07) is 7.05. The van der Waals surface area contributed by atoms with E-state index in [4.69, 9.17) is 14.7 Å². The Labute approximate surface area is 147 Å². The molecule has 0 saturated carbocycles. The van der Waals surface area contributed by atoms with Gasteiger partial charge in [-0.25, -0.2) is 4.98 Å². The van der Waals surface area contributed by atoms with Gasteiger partial charge in [0.05, 0.1) is 12.2 Å². The van der Waals surface area contributed by atoms with Gasteiger partial charge in [0, 0.05) is 25.0 Å². The minimum atomic E-state index is -0.353. The second-order valence-corrected chi connectivity index (χ2v) is 6.42. The van der Waals surface area contributed by atoms with Crippen molar-refractivity contribution in [3.8, 4) is 11.9 Å². The Morgan fingerprint density at radius 1 is 1.40 bits per heavy atom. The molecule has 0 spiro atoms. The van der Waals surface area contributed by atoms with Gasteiger partial charge in [-0.3, -0.25) is 4.79 Å². The van der Waals surface area contributed by atoms with Crippen LogP contribution in [0, 0.1) is 11.3 Å². The van der Waals surface area contributed by atoms with Crippen LogP contribution in [0.5, 0.6) is 5.88 Å². The molecule has 2 heterocycles. The number of hydrogen-bond donors (Lipinski definition) is 1. The summed E-state index contributed by atoms with van der Waals surface area (Å²) in [5.74, 6) is 0.431. The molecule has 2 aromatic heterocycles. The quantitative estimate of drug-likeness (QED) is 0.815. The zero-order valence-corrected chi connectivity index (χ0v) is 14.9. The Bertz CT molecular complexity index is 784. The molecule has 0 unspecified atom stereocenters. The summed E-state index contributed by atoms with van der Waals surface area (Å²) in [5, 5.41) is 12.0. The van der Waals surface area contributed by atoms with Gasteiger partial charge in [0.15, 0.2) is 0 Å². The standard InChI is InChI=1S/C18H22N4O3/c1-18(2,3)22-12-13(11-19)10-15(22)21-16(23)14-6-5-7-20-17(14)25-9-8-24-4/h5-7,10,12H,8-9H2,1-4H3,(H,21,23). The number of pyridine rings is 1. The number of ether oxygens (including phenoxy) is 2. The number of nitriles is 1. The van der Waals surface area contributed by atoms with E-state index in [1.54, 1.807) is 37.7 Å². The predicted octanol–water partition coefficient (Wildman–Crippen LogP) is 2.79. The van der Waals surface area contributed by atoms with Gasteiger partial charge in [-0.15, -0.1) is 0 Å². The molecule has 0 bridgehead atoms. The molecule has 1 amide bonds. The first-order valence-corrected chi connectivity index (χ1v) is 7.88. The smallest absolute Gasteiger partial charge is 0.262 e. The third kappa shape index (κ3) is 4.58. The van der Waals surface area contributed by atoms with E-state index in [9.17, 15) is 4.79 Å². The number of nitrogens with one attached hydrogen (secondary N) is 1. The van der Waals surface area contributed by atoms with Crippen LogP contribution in [0.3, 0.4) is 0 Å². The van der Waals surface area contributed by atoms with Crippen LogP contribution in [0.25, 0.3) is 0 Å². The van der Waals surface area contributed by atoms with Gasteiger partial charge in [0.2, 0.25) is 5.88 Å². The van der Waals surface area contributed by atoms with E-state index in [1.807, 2.05) is 25.3 Å². The maximum atomic E-state index is 12.7. The fourth-order valence-electron chi connectivity index (χ4n) is 2.26. The van der Waals surface area contributed by atoms with E-state index in [1.165, 1.54) is 0 Å². The number of nitrogens with zero attached hydrogens (tertiary/aromatic N) is 3. The minimum Gasteiger partial charge on any atom is -0.475 e. The Kier molecular flexibility index (Phi) is 5.78. The van der Waals surface area contributed by atoms with E-state index < -0.39 is 0 Å². The average Bonchev–Trinajstić information content (AvgIpc) is 2.99. The number of methoxy groups -OCH3 is 1. The predicted molar refractivity (Wildman–Crippen MR) is 93.7 cm³/mol. The lowest BCUT2D eigenvalue weighted by Gasteiger charge is -2.24. The van der Waals surface area contributed by atoms with E-state index in [0.29, 0.717) is 30.2 Å². The topological polar surface area (TPSA) is 89.2 Å². The lowest BCUT2D eigenvalue weighted by molar-refractivity contribution is 0.101. The van der Waals surface area contributed by atoms with Gasteiger partial charge in [-0.05, 0) is 39.0 Å². The molecule has 0 fully saturated rings. The number of carbonyl (C=O) groups is 1. The Morgan fingerprint density at radius 2 is 2.16 bits per heavy atom. The molecule has 0 aromatic carbocycles. The number of rotatable bonds is 6. The Hall–Kier alpha value is -2.85. The van der Waals surface area contributed by atoms with Crippen molar-refractivity contribution in [3.63, 3.8) is 0 Å². The lowest BCUT2D eigenvalue weighted by Crippen LogP contribution is -2.25. The summed E-state index contributed by atoms with van der Waals surface area (Å²) < 4.78 is 12.3. The summed E-state index contributed by atoms with van der Waals surface area (Å²) in [6.45, 7) is 6.67. The molecule has 7 nitrogen and oxygen atoms in total. The summed E-state index contributed by atoms with van der Waals surface area (Å²) >= 11 is 0. The Balaban J connectivity index is 2.26. The summed E-state index contributed by atoms with van der Waals surface area (Å²) in [7, 11) is 1.57. The van der Waals surface area contributed by atoms with E-state index in [2.05, 4.69) is 16.4 Å². The molecule has 2 aromatic rings. The highest BCUT2D eigenvalue weighted by atomic mass is 16.5. The molecule has 0 atom stereocenters. The van der Waals surface area contributed by atoms with Crippen LogP contribution in [0.2, 0.25) is 0 Å². The van der Waals surface area contributed by atoms with Gasteiger partial charge in [0.25, 0.3) is 5.91 Å². The number of carbonyl (C=O) groups excluding carboxylic acids is 1. The average molecular weight is 342 g/mol. The zero-order valence-electron chi connectivity index (χ0n) is 14.9. The highest BCUT2D eigenvalue weighted by Crippen LogP contribution is 2.25. The van der Waals surface area contributed by atoms with Gasteiger partial charge < -0.3 is 19.4 Å². The van der Waals surface area contributed by atoms with Crippen molar-refractivity contribution in [1.82, 2.24) is 9.55 Å². The van der Waals surface area contributed by atoms with Crippen LogP contribution < -0.4 is 10.1 Å². The van der Waals surface area contributed by atoms with Gasteiger partial charge in [-0.2, -0.15) is 5.26 Å². The normalized spacial score (nSPS) is 11.0. The largest absolute Gasteiger partial charge is 0.475 e. The van der Waals surface area contributed by atoms with Crippen LogP contribution in [-0.2, 0) is 10.3 Å². The first kappa shape index (κ1) is 18.5. The van der Waals surface area contributed by atoms with E-state index >= 15 is 0 Å². The molecule has 0 radical (unpaired) electrons. The van der Waals surface area contributed by atoms with Crippen LogP contribution in [-0.4, -0.2) is 35.8 Å². The van der Waals surface area contributed by atoms with Crippen molar-refractivity contribution in [2.75, 3.05) is 25.6 Å². The van der Waals surface area contributed by atoms with Gasteiger partial charge in [0.1, 0.15) is 24.1 Å². The van der Waals surface area contributed by atoms with Crippen molar-refractivity contribution < 1.29 is 14.3 Å². The van der Waals surface area contributed by atoms with Crippen molar-refractivity contribution in [2.24, 2.45) is 0 Å². The molecule has 7 heteroatoms. The van der Waals surface area contributed by atoms with Gasteiger partial charge in [-0.1, -0.05) is 0 Å². The van der Waals surface area contributed by atoms with Crippen molar-refractivity contribution >= 4 is 11.7 Å². The van der Waals surface area contributed by atoms with Crippen LogP contribution in [0.4, 0.5) is 5.82 Å². The van der Waals surface area contributed by atoms with Crippen molar-refractivity contribution in [2.45, 2.75) is 26.3 Å². The minimum absolute atomic E-state index is 0.242. The molecule has 1 N–H and O–H groups in total. The third-order valence-corrected chi connectivity index (χ3v) is 3.46. The third-order valence-electron chi connectivity index (χ3n) is 3.46.